The van der Waals surface area contributed by atoms with Crippen LogP contribution in [0.3, 0.4) is 0 Å². The molecule has 2 aromatic heterocycles. The molecule has 0 saturated carbocycles. The van der Waals surface area contributed by atoms with Crippen molar-refractivity contribution in [1.82, 2.24) is 14.9 Å². The van der Waals surface area contributed by atoms with Crippen LogP contribution in [0.1, 0.15) is 0 Å². The van der Waals surface area contributed by atoms with Crippen LogP contribution in [0.2, 0.25) is 0 Å². The van der Waals surface area contributed by atoms with Crippen molar-refractivity contribution in [2.45, 2.75) is 10.1 Å². The van der Waals surface area contributed by atoms with E-state index in [1.165, 1.54) is 11.8 Å². The Bertz CT molecular complexity index is 618. The molecule has 0 unspecified atom stereocenters. The summed E-state index contributed by atoms with van der Waals surface area (Å²) in [7, 11) is 1.71. The maximum Gasteiger partial charge on any atom is 0.321 e. The van der Waals surface area contributed by atoms with Crippen molar-refractivity contribution in [1.29, 1.82) is 0 Å². The van der Waals surface area contributed by atoms with E-state index < -0.39 is 0 Å². The summed E-state index contributed by atoms with van der Waals surface area (Å²) in [6, 6.07) is 9.08. The highest BCUT2D eigenvalue weighted by molar-refractivity contribution is 7.99. The number of aromatic nitrogens is 2. The van der Waals surface area contributed by atoms with Gasteiger partial charge in [0.1, 0.15) is 10.1 Å². The maximum atomic E-state index is 11.9. The standard InChI is InChI=1S/C15H16N4OS/c1-3-10-19(2)15(20)18-12-7-9-17-14(11-12)21-13-6-4-5-8-16-13/h3-9,11H,1,10H2,2H3,(H,17,18,20). The quantitative estimate of drug-likeness (QED) is 0.861. The highest BCUT2D eigenvalue weighted by Gasteiger charge is 2.08. The van der Waals surface area contributed by atoms with Gasteiger partial charge in [0.05, 0.1) is 0 Å². The third-order valence-corrected chi connectivity index (χ3v) is 3.47. The molecule has 0 fully saturated rings. The molecule has 2 heterocycles. The lowest BCUT2D eigenvalue weighted by Gasteiger charge is -2.15. The van der Waals surface area contributed by atoms with E-state index >= 15 is 0 Å². The molecule has 21 heavy (non-hydrogen) atoms. The normalized spacial score (nSPS) is 9.95. The van der Waals surface area contributed by atoms with E-state index in [-0.39, 0.29) is 6.03 Å². The van der Waals surface area contributed by atoms with Gasteiger partial charge in [-0.1, -0.05) is 23.9 Å². The van der Waals surface area contributed by atoms with Crippen LogP contribution in [-0.2, 0) is 0 Å². The molecule has 0 bridgehead atoms. The molecule has 5 nitrogen and oxygen atoms in total. The zero-order chi connectivity index (χ0) is 15.1. The average molecular weight is 300 g/mol. The summed E-state index contributed by atoms with van der Waals surface area (Å²) in [6.45, 7) is 4.10. The van der Waals surface area contributed by atoms with Gasteiger partial charge in [0.15, 0.2) is 0 Å². The smallest absolute Gasteiger partial charge is 0.321 e. The first-order chi connectivity index (χ1) is 10.2. The second kappa shape index (κ2) is 7.44. The Hall–Kier alpha value is -2.34. The van der Waals surface area contributed by atoms with Crippen molar-refractivity contribution in [3.63, 3.8) is 0 Å². The Morgan fingerprint density at radius 1 is 1.33 bits per heavy atom. The summed E-state index contributed by atoms with van der Waals surface area (Å²) in [5.41, 5.74) is 0.698. The summed E-state index contributed by atoms with van der Waals surface area (Å²) in [4.78, 5) is 21.9. The number of nitrogens with one attached hydrogen (secondary N) is 1. The number of hydrogen-bond acceptors (Lipinski definition) is 4. The van der Waals surface area contributed by atoms with E-state index in [1.807, 2.05) is 24.3 Å². The van der Waals surface area contributed by atoms with Gasteiger partial charge < -0.3 is 10.2 Å². The van der Waals surface area contributed by atoms with Crippen LogP contribution in [0.25, 0.3) is 0 Å². The number of amides is 2. The molecular weight excluding hydrogens is 284 g/mol. The lowest BCUT2D eigenvalue weighted by molar-refractivity contribution is 0.226. The molecule has 0 aromatic carbocycles. The van der Waals surface area contributed by atoms with E-state index in [0.29, 0.717) is 12.2 Å². The largest absolute Gasteiger partial charge is 0.324 e. The van der Waals surface area contributed by atoms with Gasteiger partial charge in [0, 0.05) is 31.7 Å². The van der Waals surface area contributed by atoms with E-state index in [1.54, 1.807) is 36.5 Å². The van der Waals surface area contributed by atoms with Crippen LogP contribution in [0.5, 0.6) is 0 Å². The molecule has 0 aliphatic rings. The van der Waals surface area contributed by atoms with Crippen molar-refractivity contribution in [2.75, 3.05) is 18.9 Å². The first kappa shape index (κ1) is 15.1. The Balaban J connectivity index is 2.04. The van der Waals surface area contributed by atoms with Crippen molar-refractivity contribution in [3.8, 4) is 0 Å². The van der Waals surface area contributed by atoms with Crippen LogP contribution in [-0.4, -0.2) is 34.5 Å². The number of anilines is 1. The van der Waals surface area contributed by atoms with Gasteiger partial charge in [-0.2, -0.15) is 0 Å². The minimum atomic E-state index is -0.185. The summed E-state index contributed by atoms with van der Waals surface area (Å²) >= 11 is 1.44. The molecular formula is C15H16N4OS. The second-order valence-electron chi connectivity index (χ2n) is 4.25. The van der Waals surface area contributed by atoms with Crippen LogP contribution in [0.4, 0.5) is 10.5 Å². The lowest BCUT2D eigenvalue weighted by Crippen LogP contribution is -2.31. The molecule has 2 amide bonds. The van der Waals surface area contributed by atoms with E-state index in [0.717, 1.165) is 10.1 Å². The molecule has 108 valence electrons. The number of urea groups is 1. The highest BCUT2D eigenvalue weighted by atomic mass is 32.2. The van der Waals surface area contributed by atoms with Crippen LogP contribution >= 0.6 is 11.8 Å². The Morgan fingerprint density at radius 2 is 2.14 bits per heavy atom. The van der Waals surface area contributed by atoms with Crippen LogP contribution < -0.4 is 5.32 Å². The van der Waals surface area contributed by atoms with Crippen molar-refractivity contribution in [2.24, 2.45) is 0 Å². The first-order valence-electron chi connectivity index (χ1n) is 6.37. The lowest BCUT2D eigenvalue weighted by atomic mass is 10.4. The molecule has 1 N–H and O–H groups in total. The molecule has 0 spiro atoms. The minimum absolute atomic E-state index is 0.185. The Morgan fingerprint density at radius 3 is 2.86 bits per heavy atom. The maximum absolute atomic E-state index is 11.9. The van der Waals surface area contributed by atoms with Crippen molar-refractivity contribution >= 4 is 23.5 Å². The SMILES string of the molecule is C=CCN(C)C(=O)Nc1ccnc(Sc2ccccn2)c1. The molecule has 0 atom stereocenters. The van der Waals surface area contributed by atoms with Crippen LogP contribution in [0.15, 0.2) is 65.4 Å². The fourth-order valence-electron chi connectivity index (χ4n) is 1.55. The molecule has 0 aliphatic carbocycles. The molecule has 2 aromatic rings. The zero-order valence-electron chi connectivity index (χ0n) is 11.7. The van der Waals surface area contributed by atoms with Gasteiger partial charge in [0.25, 0.3) is 0 Å². The van der Waals surface area contributed by atoms with Gasteiger partial charge in [-0.05, 0) is 24.3 Å². The fraction of sp³-hybridized carbons (Fsp3) is 0.133. The van der Waals surface area contributed by atoms with E-state index in [4.69, 9.17) is 0 Å². The van der Waals surface area contributed by atoms with Crippen LogP contribution in [0, 0.1) is 0 Å². The summed E-state index contributed by atoms with van der Waals surface area (Å²) in [5, 5.41) is 4.45. The number of rotatable bonds is 5. The molecule has 0 radical (unpaired) electrons. The first-order valence-corrected chi connectivity index (χ1v) is 7.18. The number of carbonyl (C=O) groups excluding carboxylic acids is 1. The number of carbonyl (C=O) groups is 1. The topological polar surface area (TPSA) is 58.1 Å². The van der Waals surface area contributed by atoms with Gasteiger partial charge in [-0.25, -0.2) is 14.8 Å². The second-order valence-corrected chi connectivity index (χ2v) is 5.29. The molecule has 2 rings (SSSR count). The van der Waals surface area contributed by atoms with Crippen molar-refractivity contribution < 1.29 is 4.79 Å². The summed E-state index contributed by atoms with van der Waals surface area (Å²) < 4.78 is 0. The van der Waals surface area contributed by atoms with Gasteiger partial charge in [-0.15, -0.1) is 6.58 Å². The van der Waals surface area contributed by atoms with Gasteiger partial charge >= 0.3 is 6.03 Å². The number of hydrogen-bond donors (Lipinski definition) is 1. The average Bonchev–Trinajstić information content (AvgIpc) is 2.49. The number of pyridine rings is 2. The molecule has 0 aliphatic heterocycles. The highest BCUT2D eigenvalue weighted by Crippen LogP contribution is 2.25. The van der Waals surface area contributed by atoms with Gasteiger partial charge in [-0.3, -0.25) is 0 Å². The predicted molar refractivity (Wildman–Crippen MR) is 84.4 cm³/mol. The fourth-order valence-corrected chi connectivity index (χ4v) is 2.33. The van der Waals surface area contributed by atoms with Crippen molar-refractivity contribution in [3.05, 3.63) is 55.4 Å². The Labute approximate surface area is 128 Å². The third-order valence-electron chi connectivity index (χ3n) is 2.58. The minimum Gasteiger partial charge on any atom is -0.324 e. The third kappa shape index (κ3) is 4.61. The molecule has 0 saturated heterocycles. The summed E-state index contributed by atoms with van der Waals surface area (Å²) in [6.07, 6.45) is 5.07. The van der Waals surface area contributed by atoms with E-state index in [9.17, 15) is 4.79 Å². The number of likely N-dealkylation sites (N-methyl/N-ethyl adjacent to an activating group) is 1. The molecule has 6 heteroatoms. The monoisotopic (exact) mass is 300 g/mol. The number of nitrogens with zero attached hydrogens (tertiary/aromatic N) is 3. The predicted octanol–water partition coefficient (Wildman–Crippen LogP) is 3.28. The zero-order valence-corrected chi connectivity index (χ0v) is 12.5. The summed E-state index contributed by atoms with van der Waals surface area (Å²) in [5.74, 6) is 0. The van der Waals surface area contributed by atoms with E-state index in [2.05, 4.69) is 21.9 Å². The Kier molecular flexibility index (Phi) is 5.34. The van der Waals surface area contributed by atoms with Gasteiger partial charge in [0.2, 0.25) is 0 Å².